The van der Waals surface area contributed by atoms with Gasteiger partial charge >= 0.3 is 0 Å². The van der Waals surface area contributed by atoms with Crippen LogP contribution < -0.4 is 5.73 Å². The molecule has 7 nitrogen and oxygen atoms in total. The third-order valence-corrected chi connectivity index (χ3v) is 3.56. The van der Waals surface area contributed by atoms with E-state index < -0.39 is 0 Å². The summed E-state index contributed by atoms with van der Waals surface area (Å²) in [6.07, 6.45) is 4.54. The molecular formula is C18H39Cl2NO6. The van der Waals surface area contributed by atoms with Gasteiger partial charge in [0, 0.05) is 19.0 Å². The van der Waals surface area contributed by atoms with Crippen LogP contribution in [0.2, 0.25) is 0 Å². The molecule has 0 aromatic carbocycles. The van der Waals surface area contributed by atoms with Crippen molar-refractivity contribution in [1.82, 2.24) is 0 Å². The summed E-state index contributed by atoms with van der Waals surface area (Å²) in [5, 5.41) is 0. The molecular weight excluding hydrogens is 397 g/mol. The molecule has 0 saturated heterocycles. The third kappa shape index (κ3) is 28.6. The van der Waals surface area contributed by atoms with Gasteiger partial charge in [-0.2, -0.15) is 0 Å². The maximum atomic E-state index is 5.62. The zero-order valence-electron chi connectivity index (χ0n) is 16.5. The first-order valence-electron chi connectivity index (χ1n) is 9.64. The Morgan fingerprint density at radius 1 is 0.444 bits per heavy atom. The maximum Gasteiger partial charge on any atom is 0.0701 e. The molecule has 9 heteroatoms. The van der Waals surface area contributed by atoms with Crippen molar-refractivity contribution in [1.29, 1.82) is 0 Å². The van der Waals surface area contributed by atoms with Crippen LogP contribution in [0.25, 0.3) is 0 Å². The molecule has 27 heavy (non-hydrogen) atoms. The average Bonchev–Trinajstić information content (AvgIpc) is 2.66. The summed E-state index contributed by atoms with van der Waals surface area (Å²) < 4.78 is 32.2. The standard InChI is InChI=1S/C18H38ClNO6.ClH/c19-5-3-1-2-4-7-21-9-11-23-13-15-25-17-18-26-16-14-24-12-10-22-8-6-20;/h1-18,20H2;1H. The predicted molar refractivity (Wildman–Crippen MR) is 110 cm³/mol. The Labute approximate surface area is 175 Å². The number of rotatable bonds is 23. The number of halogens is 2. The minimum absolute atomic E-state index is 0. The van der Waals surface area contributed by atoms with Crippen LogP contribution in [0.5, 0.6) is 0 Å². The van der Waals surface area contributed by atoms with E-state index in [0.717, 1.165) is 25.3 Å². The van der Waals surface area contributed by atoms with E-state index in [9.17, 15) is 0 Å². The first-order valence-corrected chi connectivity index (χ1v) is 10.2. The second-order valence-electron chi connectivity index (χ2n) is 5.57. The van der Waals surface area contributed by atoms with E-state index in [2.05, 4.69) is 0 Å². The van der Waals surface area contributed by atoms with Gasteiger partial charge in [-0.05, 0) is 12.8 Å². The summed E-state index contributed by atoms with van der Waals surface area (Å²) in [4.78, 5) is 0. The fourth-order valence-electron chi connectivity index (χ4n) is 1.94. The zero-order chi connectivity index (χ0) is 19.0. The van der Waals surface area contributed by atoms with E-state index in [1.54, 1.807) is 0 Å². The molecule has 0 aromatic heterocycles. The van der Waals surface area contributed by atoms with Gasteiger partial charge in [-0.15, -0.1) is 24.0 Å². The molecule has 0 bridgehead atoms. The van der Waals surface area contributed by atoms with E-state index in [-0.39, 0.29) is 12.4 Å². The number of hydrogen-bond acceptors (Lipinski definition) is 7. The monoisotopic (exact) mass is 435 g/mol. The predicted octanol–water partition coefficient (Wildman–Crippen LogP) is 2.27. The molecule has 0 fully saturated rings. The molecule has 0 radical (unpaired) electrons. The van der Waals surface area contributed by atoms with Crippen LogP contribution in [0.4, 0.5) is 0 Å². The van der Waals surface area contributed by atoms with Crippen LogP contribution >= 0.6 is 24.0 Å². The minimum Gasteiger partial charge on any atom is -0.379 e. The van der Waals surface area contributed by atoms with Crippen LogP contribution in [-0.2, 0) is 28.4 Å². The van der Waals surface area contributed by atoms with Crippen molar-refractivity contribution < 1.29 is 28.4 Å². The van der Waals surface area contributed by atoms with Crippen LogP contribution in [0, 0.1) is 0 Å². The fourth-order valence-corrected chi connectivity index (χ4v) is 2.13. The average molecular weight is 436 g/mol. The Balaban J connectivity index is 0. The Bertz CT molecular complexity index is 232. The van der Waals surface area contributed by atoms with Crippen molar-refractivity contribution in [2.75, 3.05) is 91.7 Å². The largest absolute Gasteiger partial charge is 0.379 e. The highest BCUT2D eigenvalue weighted by molar-refractivity contribution is 6.17. The number of hydrogen-bond donors (Lipinski definition) is 1. The van der Waals surface area contributed by atoms with E-state index in [4.69, 9.17) is 45.8 Å². The second kappa shape index (κ2) is 28.5. The SMILES string of the molecule is Cl.NCCOCCOCCOCCOCCOCCOCCCCCCCl. The van der Waals surface area contributed by atoms with Gasteiger partial charge in [0.15, 0.2) is 0 Å². The summed E-state index contributed by atoms with van der Waals surface area (Å²) in [5.74, 6) is 0.753. The lowest BCUT2D eigenvalue weighted by Crippen LogP contribution is -2.15. The molecule has 0 aliphatic heterocycles. The molecule has 0 unspecified atom stereocenters. The molecule has 0 spiro atoms. The number of alkyl halides is 1. The van der Waals surface area contributed by atoms with Gasteiger partial charge in [0.2, 0.25) is 0 Å². The fraction of sp³-hybridized carbons (Fsp3) is 1.00. The third-order valence-electron chi connectivity index (χ3n) is 3.29. The highest BCUT2D eigenvalue weighted by Crippen LogP contribution is 2.01. The summed E-state index contributed by atoms with van der Waals surface area (Å²) >= 11 is 5.62. The highest BCUT2D eigenvalue weighted by Gasteiger charge is 1.94. The Morgan fingerprint density at radius 2 is 0.778 bits per heavy atom. The van der Waals surface area contributed by atoms with Crippen LogP contribution in [0.1, 0.15) is 25.7 Å². The number of unbranched alkanes of at least 4 members (excludes halogenated alkanes) is 3. The van der Waals surface area contributed by atoms with Crippen molar-refractivity contribution in [3.8, 4) is 0 Å². The molecule has 0 amide bonds. The highest BCUT2D eigenvalue weighted by atomic mass is 35.5. The second-order valence-corrected chi connectivity index (χ2v) is 5.94. The topological polar surface area (TPSA) is 81.4 Å². The maximum absolute atomic E-state index is 5.62. The molecule has 0 saturated carbocycles. The van der Waals surface area contributed by atoms with Crippen LogP contribution in [0.3, 0.4) is 0 Å². The Hall–Kier alpha value is 0.300. The molecule has 0 heterocycles. The molecule has 0 aromatic rings. The smallest absolute Gasteiger partial charge is 0.0701 e. The van der Waals surface area contributed by atoms with Crippen molar-refractivity contribution in [3.05, 3.63) is 0 Å². The lowest BCUT2D eigenvalue weighted by Gasteiger charge is -2.08. The van der Waals surface area contributed by atoms with Gasteiger partial charge in [0.05, 0.1) is 72.7 Å². The lowest BCUT2D eigenvalue weighted by atomic mass is 10.2. The van der Waals surface area contributed by atoms with Crippen LogP contribution in [-0.4, -0.2) is 91.7 Å². The van der Waals surface area contributed by atoms with E-state index in [1.807, 2.05) is 0 Å². The van der Waals surface area contributed by atoms with Crippen molar-refractivity contribution in [3.63, 3.8) is 0 Å². The molecule has 2 N–H and O–H groups in total. The first-order chi connectivity index (χ1) is 12.9. The number of ether oxygens (including phenoxy) is 6. The summed E-state index contributed by atoms with van der Waals surface area (Å²) in [6.45, 7) is 7.65. The molecule has 0 rings (SSSR count). The molecule has 0 aliphatic carbocycles. The van der Waals surface area contributed by atoms with E-state index in [0.29, 0.717) is 79.2 Å². The molecule has 0 aliphatic rings. The minimum atomic E-state index is 0. The summed E-state index contributed by atoms with van der Waals surface area (Å²) in [7, 11) is 0. The van der Waals surface area contributed by atoms with Crippen molar-refractivity contribution in [2.24, 2.45) is 5.73 Å². The quantitative estimate of drug-likeness (QED) is 0.194. The lowest BCUT2D eigenvalue weighted by molar-refractivity contribution is -0.0165. The van der Waals surface area contributed by atoms with E-state index in [1.165, 1.54) is 12.8 Å². The van der Waals surface area contributed by atoms with Gasteiger partial charge in [-0.3, -0.25) is 0 Å². The van der Waals surface area contributed by atoms with Crippen molar-refractivity contribution in [2.45, 2.75) is 25.7 Å². The van der Waals surface area contributed by atoms with Gasteiger partial charge < -0.3 is 34.2 Å². The molecule has 0 atom stereocenters. The first kappa shape index (κ1) is 29.5. The van der Waals surface area contributed by atoms with Gasteiger partial charge in [0.1, 0.15) is 0 Å². The normalized spacial score (nSPS) is 10.9. The summed E-state index contributed by atoms with van der Waals surface area (Å²) in [6, 6.07) is 0. The van der Waals surface area contributed by atoms with Gasteiger partial charge in [-0.25, -0.2) is 0 Å². The number of nitrogens with two attached hydrogens (primary N) is 1. The van der Waals surface area contributed by atoms with Gasteiger partial charge in [0.25, 0.3) is 0 Å². The Kier molecular flexibility index (Phi) is 31.1. The van der Waals surface area contributed by atoms with Crippen LogP contribution in [0.15, 0.2) is 0 Å². The van der Waals surface area contributed by atoms with E-state index >= 15 is 0 Å². The zero-order valence-corrected chi connectivity index (χ0v) is 18.1. The summed E-state index contributed by atoms with van der Waals surface area (Å²) in [5.41, 5.74) is 5.30. The van der Waals surface area contributed by atoms with Gasteiger partial charge in [-0.1, -0.05) is 12.8 Å². The van der Waals surface area contributed by atoms with Crippen molar-refractivity contribution >= 4 is 24.0 Å². The Morgan fingerprint density at radius 3 is 1.15 bits per heavy atom. The molecule has 166 valence electrons.